The van der Waals surface area contributed by atoms with Crippen LogP contribution in [0.2, 0.25) is 0 Å². The highest BCUT2D eigenvalue weighted by molar-refractivity contribution is 5.36. The molecular formula is C8H5FN2O2. The van der Waals surface area contributed by atoms with Crippen LogP contribution in [0.15, 0.2) is 18.2 Å². The lowest BCUT2D eigenvalue weighted by molar-refractivity contribution is -0.385. The molecule has 0 aliphatic rings. The second-order valence-electron chi connectivity index (χ2n) is 2.41. The number of hydrogen-bond acceptors (Lipinski definition) is 3. The van der Waals surface area contributed by atoms with E-state index in [0.717, 1.165) is 12.1 Å². The molecule has 0 atom stereocenters. The summed E-state index contributed by atoms with van der Waals surface area (Å²) in [5, 5.41) is 18.6. The highest BCUT2D eigenvalue weighted by Crippen LogP contribution is 2.16. The second kappa shape index (κ2) is 3.63. The van der Waals surface area contributed by atoms with E-state index in [1.54, 1.807) is 6.07 Å². The highest BCUT2D eigenvalue weighted by Gasteiger charge is 2.08. The minimum atomic E-state index is -0.695. The van der Waals surface area contributed by atoms with Crippen molar-refractivity contribution in [1.82, 2.24) is 0 Å². The molecule has 0 spiro atoms. The number of benzene rings is 1. The third-order valence-electron chi connectivity index (χ3n) is 1.44. The van der Waals surface area contributed by atoms with Crippen LogP contribution in [-0.4, -0.2) is 4.92 Å². The lowest BCUT2D eigenvalue weighted by Gasteiger charge is -1.95. The fourth-order valence-electron chi connectivity index (χ4n) is 0.932. The van der Waals surface area contributed by atoms with E-state index in [0.29, 0.717) is 5.56 Å². The summed E-state index contributed by atoms with van der Waals surface area (Å²) < 4.78 is 12.7. The molecule has 4 nitrogen and oxygen atoms in total. The van der Waals surface area contributed by atoms with Crippen molar-refractivity contribution in [3.8, 4) is 6.07 Å². The van der Waals surface area contributed by atoms with Gasteiger partial charge in [-0.3, -0.25) is 10.1 Å². The molecule has 1 aromatic rings. The van der Waals surface area contributed by atoms with Crippen LogP contribution >= 0.6 is 0 Å². The van der Waals surface area contributed by atoms with Crippen molar-refractivity contribution < 1.29 is 9.31 Å². The lowest BCUT2D eigenvalue weighted by Crippen LogP contribution is -1.92. The van der Waals surface area contributed by atoms with E-state index in [1.165, 1.54) is 6.07 Å². The van der Waals surface area contributed by atoms with Gasteiger partial charge in [0.05, 0.1) is 23.5 Å². The van der Waals surface area contributed by atoms with Crippen LogP contribution in [0.1, 0.15) is 5.56 Å². The van der Waals surface area contributed by atoms with Crippen LogP contribution < -0.4 is 0 Å². The summed E-state index contributed by atoms with van der Waals surface area (Å²) in [6.07, 6.45) is -0.0292. The molecule has 13 heavy (non-hydrogen) atoms. The minimum Gasteiger partial charge on any atom is -0.258 e. The fourth-order valence-corrected chi connectivity index (χ4v) is 0.932. The van der Waals surface area contributed by atoms with Gasteiger partial charge in [0.2, 0.25) is 0 Å². The third kappa shape index (κ3) is 2.24. The molecule has 66 valence electrons. The van der Waals surface area contributed by atoms with Crippen molar-refractivity contribution in [2.75, 3.05) is 0 Å². The molecule has 0 N–H and O–H groups in total. The Morgan fingerprint density at radius 2 is 2.23 bits per heavy atom. The molecule has 0 aliphatic heterocycles. The smallest absolute Gasteiger partial charge is 0.258 e. The first kappa shape index (κ1) is 9.13. The average Bonchev–Trinajstić information content (AvgIpc) is 2.03. The first-order chi connectivity index (χ1) is 6.13. The first-order valence-electron chi connectivity index (χ1n) is 3.44. The van der Waals surface area contributed by atoms with Gasteiger partial charge < -0.3 is 0 Å². The van der Waals surface area contributed by atoms with Gasteiger partial charge in [0.1, 0.15) is 5.82 Å². The van der Waals surface area contributed by atoms with Crippen molar-refractivity contribution in [3.05, 3.63) is 39.7 Å². The number of nitro benzene ring substituents is 1. The van der Waals surface area contributed by atoms with E-state index in [9.17, 15) is 14.5 Å². The van der Waals surface area contributed by atoms with Gasteiger partial charge in [-0.25, -0.2) is 4.39 Å². The SMILES string of the molecule is N#CCc1cc(F)cc([N+](=O)[O-])c1. The summed E-state index contributed by atoms with van der Waals surface area (Å²) in [4.78, 5) is 9.58. The van der Waals surface area contributed by atoms with Crippen LogP contribution in [0.25, 0.3) is 0 Å². The number of nitrogens with zero attached hydrogens (tertiary/aromatic N) is 2. The van der Waals surface area contributed by atoms with E-state index >= 15 is 0 Å². The van der Waals surface area contributed by atoms with Gasteiger partial charge in [-0.1, -0.05) is 0 Å². The molecule has 0 unspecified atom stereocenters. The Hall–Kier alpha value is -1.96. The minimum absolute atomic E-state index is 0.0292. The Balaban J connectivity index is 3.12. The number of nitriles is 1. The fraction of sp³-hybridized carbons (Fsp3) is 0.125. The zero-order valence-corrected chi connectivity index (χ0v) is 6.53. The molecule has 0 fully saturated rings. The molecule has 0 radical (unpaired) electrons. The van der Waals surface area contributed by atoms with Crippen molar-refractivity contribution >= 4 is 5.69 Å². The molecule has 0 aliphatic carbocycles. The quantitative estimate of drug-likeness (QED) is 0.514. The maximum atomic E-state index is 12.7. The Morgan fingerprint density at radius 1 is 1.54 bits per heavy atom. The van der Waals surface area contributed by atoms with Crippen LogP contribution in [0.5, 0.6) is 0 Å². The van der Waals surface area contributed by atoms with E-state index < -0.39 is 10.7 Å². The van der Waals surface area contributed by atoms with Crippen LogP contribution in [0, 0.1) is 27.3 Å². The molecule has 1 aromatic carbocycles. The summed E-state index contributed by atoms with van der Waals surface area (Å²) >= 11 is 0. The van der Waals surface area contributed by atoms with Gasteiger partial charge >= 0.3 is 0 Å². The maximum Gasteiger partial charge on any atom is 0.272 e. The highest BCUT2D eigenvalue weighted by atomic mass is 19.1. The number of non-ortho nitro benzene ring substituents is 1. The van der Waals surface area contributed by atoms with Gasteiger partial charge in [0.25, 0.3) is 5.69 Å². The first-order valence-corrected chi connectivity index (χ1v) is 3.44. The Bertz CT molecular complexity index is 384. The third-order valence-corrected chi connectivity index (χ3v) is 1.44. The van der Waals surface area contributed by atoms with Gasteiger partial charge in [0, 0.05) is 6.07 Å². The van der Waals surface area contributed by atoms with Gasteiger partial charge in [0.15, 0.2) is 0 Å². The molecular weight excluding hydrogens is 175 g/mol. The summed E-state index contributed by atoms with van der Waals surface area (Å²) in [6, 6.07) is 4.90. The second-order valence-corrected chi connectivity index (χ2v) is 2.41. The van der Waals surface area contributed by atoms with E-state index in [4.69, 9.17) is 5.26 Å². The molecule has 0 saturated carbocycles. The molecule has 0 heterocycles. The monoisotopic (exact) mass is 180 g/mol. The van der Waals surface area contributed by atoms with Crippen molar-refractivity contribution in [2.45, 2.75) is 6.42 Å². The Morgan fingerprint density at radius 3 is 2.77 bits per heavy atom. The molecule has 0 aromatic heterocycles. The number of hydrogen-bond donors (Lipinski definition) is 0. The predicted octanol–water partition coefficient (Wildman–Crippen LogP) is 1.80. The molecule has 0 amide bonds. The van der Waals surface area contributed by atoms with Gasteiger partial charge in [-0.05, 0) is 11.6 Å². The summed E-state index contributed by atoms with van der Waals surface area (Å²) in [7, 11) is 0. The maximum absolute atomic E-state index is 12.7. The standard InChI is InChI=1S/C8H5FN2O2/c9-7-3-6(1-2-10)4-8(5-7)11(12)13/h3-5H,1H2. The molecule has 0 saturated heterocycles. The number of rotatable bonds is 2. The predicted molar refractivity (Wildman–Crippen MR) is 42.4 cm³/mol. The topological polar surface area (TPSA) is 66.9 Å². The largest absolute Gasteiger partial charge is 0.272 e. The van der Waals surface area contributed by atoms with Crippen LogP contribution in [-0.2, 0) is 6.42 Å². The van der Waals surface area contributed by atoms with Crippen LogP contribution in [0.4, 0.5) is 10.1 Å². The zero-order chi connectivity index (χ0) is 9.84. The van der Waals surface area contributed by atoms with E-state index in [-0.39, 0.29) is 12.1 Å². The lowest BCUT2D eigenvalue weighted by atomic mass is 10.1. The van der Waals surface area contributed by atoms with E-state index in [1.807, 2.05) is 0 Å². The van der Waals surface area contributed by atoms with Crippen molar-refractivity contribution in [3.63, 3.8) is 0 Å². The van der Waals surface area contributed by atoms with Crippen molar-refractivity contribution in [1.29, 1.82) is 5.26 Å². The molecule has 5 heteroatoms. The molecule has 1 rings (SSSR count). The summed E-state index contributed by atoms with van der Waals surface area (Å²) in [5.74, 6) is -0.695. The average molecular weight is 180 g/mol. The van der Waals surface area contributed by atoms with Gasteiger partial charge in [-0.2, -0.15) is 5.26 Å². The Kier molecular flexibility index (Phi) is 2.55. The number of nitro groups is 1. The zero-order valence-electron chi connectivity index (χ0n) is 6.53. The Labute approximate surface area is 73.4 Å². The number of halogens is 1. The van der Waals surface area contributed by atoms with Gasteiger partial charge in [-0.15, -0.1) is 0 Å². The van der Waals surface area contributed by atoms with Crippen molar-refractivity contribution in [2.24, 2.45) is 0 Å². The molecule has 0 bridgehead atoms. The summed E-state index contributed by atoms with van der Waals surface area (Å²) in [6.45, 7) is 0. The summed E-state index contributed by atoms with van der Waals surface area (Å²) in [5.41, 5.74) is -0.0144. The van der Waals surface area contributed by atoms with E-state index in [2.05, 4.69) is 0 Å². The van der Waals surface area contributed by atoms with Crippen LogP contribution in [0.3, 0.4) is 0 Å². The normalized spacial score (nSPS) is 9.23.